The highest BCUT2D eigenvalue weighted by Crippen LogP contribution is 2.26. The summed E-state index contributed by atoms with van der Waals surface area (Å²) in [7, 11) is 0. The molecule has 2 rings (SSSR count). The van der Waals surface area contributed by atoms with Crippen LogP contribution in [-0.2, 0) is 11.3 Å². The Labute approximate surface area is 125 Å². The van der Waals surface area contributed by atoms with Crippen LogP contribution in [0.4, 0.5) is 0 Å². The van der Waals surface area contributed by atoms with Gasteiger partial charge in [-0.1, -0.05) is 25.0 Å². The fraction of sp³-hybridized carbons (Fsp3) is 0.562. The van der Waals surface area contributed by atoms with E-state index in [-0.39, 0.29) is 11.2 Å². The maximum Gasteiger partial charge on any atom is 0.235 e. The van der Waals surface area contributed by atoms with Crippen LogP contribution in [0, 0.1) is 0 Å². The lowest BCUT2D eigenvalue weighted by molar-refractivity contribution is -0.130. The number of amides is 1. The zero-order valence-electron chi connectivity index (χ0n) is 12.2. The largest absolute Gasteiger partial charge is 0.342 e. The quantitative estimate of drug-likeness (QED) is 0.868. The molecule has 0 saturated carbocycles. The Hall–Kier alpha value is -1.00. The number of likely N-dealkylation sites (tertiary alicyclic amines) is 1. The number of thioether (sulfide) groups is 1. The van der Waals surface area contributed by atoms with Crippen molar-refractivity contribution < 1.29 is 4.79 Å². The molecule has 1 amide bonds. The molecule has 1 fully saturated rings. The summed E-state index contributed by atoms with van der Waals surface area (Å²) in [6.45, 7) is 4.40. The lowest BCUT2D eigenvalue weighted by Crippen LogP contribution is -2.37. The van der Waals surface area contributed by atoms with E-state index in [1.807, 2.05) is 24.0 Å². The molecule has 0 aromatic heterocycles. The van der Waals surface area contributed by atoms with E-state index < -0.39 is 0 Å². The van der Waals surface area contributed by atoms with Gasteiger partial charge in [0.05, 0.1) is 5.25 Å². The van der Waals surface area contributed by atoms with Gasteiger partial charge in [0.1, 0.15) is 0 Å². The fourth-order valence-corrected chi connectivity index (χ4v) is 3.58. The average molecular weight is 292 g/mol. The van der Waals surface area contributed by atoms with Gasteiger partial charge in [-0.15, -0.1) is 11.8 Å². The summed E-state index contributed by atoms with van der Waals surface area (Å²) in [5.41, 5.74) is 6.77. The summed E-state index contributed by atoms with van der Waals surface area (Å²) in [6, 6.07) is 8.16. The van der Waals surface area contributed by atoms with Gasteiger partial charge in [-0.05, 0) is 37.5 Å². The summed E-state index contributed by atoms with van der Waals surface area (Å²) in [5, 5.41) is -0.0267. The molecular formula is C16H24N2OS. The molecule has 1 saturated heterocycles. The van der Waals surface area contributed by atoms with Crippen LogP contribution in [0.25, 0.3) is 0 Å². The van der Waals surface area contributed by atoms with Gasteiger partial charge >= 0.3 is 0 Å². The van der Waals surface area contributed by atoms with Crippen molar-refractivity contribution in [2.24, 2.45) is 5.73 Å². The molecule has 0 bridgehead atoms. The highest BCUT2D eigenvalue weighted by molar-refractivity contribution is 8.00. The van der Waals surface area contributed by atoms with Gasteiger partial charge in [-0.25, -0.2) is 0 Å². The van der Waals surface area contributed by atoms with Crippen molar-refractivity contribution in [3.8, 4) is 0 Å². The Bertz CT molecular complexity index is 442. The highest BCUT2D eigenvalue weighted by Gasteiger charge is 2.22. The number of nitrogens with zero attached hydrogens (tertiary/aromatic N) is 1. The fourth-order valence-electron chi connectivity index (χ4n) is 2.55. The first-order chi connectivity index (χ1) is 9.70. The predicted molar refractivity (Wildman–Crippen MR) is 84.7 cm³/mol. The smallest absolute Gasteiger partial charge is 0.235 e. The topological polar surface area (TPSA) is 46.3 Å². The minimum atomic E-state index is -0.0267. The van der Waals surface area contributed by atoms with Gasteiger partial charge in [-0.2, -0.15) is 0 Å². The molecule has 1 unspecified atom stereocenters. The Morgan fingerprint density at radius 2 is 2.00 bits per heavy atom. The molecular weight excluding hydrogens is 268 g/mol. The van der Waals surface area contributed by atoms with Crippen LogP contribution in [0.2, 0.25) is 0 Å². The van der Waals surface area contributed by atoms with Gasteiger partial charge < -0.3 is 10.6 Å². The molecule has 1 heterocycles. The SMILES string of the molecule is CC(Sc1cccc(CN)c1)C(=O)N1CCCCCC1. The highest BCUT2D eigenvalue weighted by atomic mass is 32.2. The average Bonchev–Trinajstić information content (AvgIpc) is 2.75. The van der Waals surface area contributed by atoms with E-state index in [1.165, 1.54) is 12.8 Å². The molecule has 1 aromatic rings. The number of nitrogens with two attached hydrogens (primary N) is 1. The van der Waals surface area contributed by atoms with E-state index in [0.29, 0.717) is 6.54 Å². The molecule has 0 spiro atoms. The molecule has 1 aromatic carbocycles. The third kappa shape index (κ3) is 4.25. The van der Waals surface area contributed by atoms with Gasteiger partial charge in [0, 0.05) is 24.5 Å². The van der Waals surface area contributed by atoms with E-state index in [2.05, 4.69) is 12.1 Å². The molecule has 2 N–H and O–H groups in total. The normalized spacial score (nSPS) is 17.6. The van der Waals surface area contributed by atoms with Crippen LogP contribution in [0.3, 0.4) is 0 Å². The third-order valence-electron chi connectivity index (χ3n) is 3.71. The lowest BCUT2D eigenvalue weighted by atomic mass is 10.2. The van der Waals surface area contributed by atoms with E-state index in [9.17, 15) is 4.79 Å². The van der Waals surface area contributed by atoms with E-state index in [0.717, 1.165) is 36.4 Å². The van der Waals surface area contributed by atoms with Gasteiger partial charge in [0.15, 0.2) is 0 Å². The third-order valence-corrected chi connectivity index (χ3v) is 4.79. The van der Waals surface area contributed by atoms with E-state index >= 15 is 0 Å². The summed E-state index contributed by atoms with van der Waals surface area (Å²) >= 11 is 1.63. The van der Waals surface area contributed by atoms with Crippen molar-refractivity contribution in [3.63, 3.8) is 0 Å². The first kappa shape index (κ1) is 15.4. The van der Waals surface area contributed by atoms with Crippen molar-refractivity contribution in [2.75, 3.05) is 13.1 Å². The number of carbonyl (C=O) groups excluding carboxylic acids is 1. The summed E-state index contributed by atoms with van der Waals surface area (Å²) in [6.07, 6.45) is 4.80. The lowest BCUT2D eigenvalue weighted by Gasteiger charge is -2.23. The molecule has 20 heavy (non-hydrogen) atoms. The number of carbonyl (C=O) groups is 1. The van der Waals surface area contributed by atoms with Crippen LogP contribution >= 0.6 is 11.8 Å². The molecule has 1 aliphatic rings. The first-order valence-electron chi connectivity index (χ1n) is 7.45. The number of hydrogen-bond acceptors (Lipinski definition) is 3. The summed E-state index contributed by atoms with van der Waals surface area (Å²) in [4.78, 5) is 15.7. The molecule has 0 radical (unpaired) electrons. The minimum absolute atomic E-state index is 0.0267. The molecule has 1 atom stereocenters. The maximum absolute atomic E-state index is 12.5. The second-order valence-corrected chi connectivity index (χ2v) is 6.77. The van der Waals surface area contributed by atoms with Crippen molar-refractivity contribution in [1.29, 1.82) is 0 Å². The van der Waals surface area contributed by atoms with Crippen LogP contribution < -0.4 is 5.73 Å². The molecule has 3 nitrogen and oxygen atoms in total. The standard InChI is InChI=1S/C16H24N2OS/c1-13(16(19)18-9-4-2-3-5-10-18)20-15-8-6-7-14(11-15)12-17/h6-8,11,13H,2-5,9-10,12,17H2,1H3. The van der Waals surface area contributed by atoms with Crippen molar-refractivity contribution in [2.45, 2.75) is 49.3 Å². The monoisotopic (exact) mass is 292 g/mol. The zero-order valence-corrected chi connectivity index (χ0v) is 13.0. The van der Waals surface area contributed by atoms with Crippen LogP contribution in [0.15, 0.2) is 29.2 Å². The zero-order chi connectivity index (χ0) is 14.4. The van der Waals surface area contributed by atoms with Crippen molar-refractivity contribution in [3.05, 3.63) is 29.8 Å². The first-order valence-corrected chi connectivity index (χ1v) is 8.33. The summed E-state index contributed by atoms with van der Waals surface area (Å²) < 4.78 is 0. The Kier molecular flexibility index (Phi) is 5.92. The molecule has 4 heteroatoms. The van der Waals surface area contributed by atoms with Crippen molar-refractivity contribution in [1.82, 2.24) is 4.90 Å². The number of hydrogen-bond donors (Lipinski definition) is 1. The molecule has 110 valence electrons. The molecule has 0 aliphatic carbocycles. The Balaban J connectivity index is 1.95. The number of benzene rings is 1. The van der Waals surface area contributed by atoms with Crippen LogP contribution in [0.5, 0.6) is 0 Å². The van der Waals surface area contributed by atoms with Crippen molar-refractivity contribution >= 4 is 17.7 Å². The van der Waals surface area contributed by atoms with E-state index in [1.54, 1.807) is 11.8 Å². The maximum atomic E-state index is 12.5. The second kappa shape index (κ2) is 7.70. The second-order valence-electron chi connectivity index (χ2n) is 5.35. The Morgan fingerprint density at radius 3 is 2.65 bits per heavy atom. The van der Waals surface area contributed by atoms with E-state index in [4.69, 9.17) is 5.73 Å². The number of rotatable bonds is 4. The predicted octanol–water partition coefficient (Wildman–Crippen LogP) is 3.03. The van der Waals surface area contributed by atoms with Gasteiger partial charge in [0.25, 0.3) is 0 Å². The van der Waals surface area contributed by atoms with Crippen LogP contribution in [0.1, 0.15) is 38.2 Å². The summed E-state index contributed by atoms with van der Waals surface area (Å²) in [5.74, 6) is 0.273. The van der Waals surface area contributed by atoms with Gasteiger partial charge in [-0.3, -0.25) is 4.79 Å². The van der Waals surface area contributed by atoms with Crippen LogP contribution in [-0.4, -0.2) is 29.1 Å². The minimum Gasteiger partial charge on any atom is -0.342 e. The van der Waals surface area contributed by atoms with Gasteiger partial charge in [0.2, 0.25) is 5.91 Å². The Morgan fingerprint density at radius 1 is 1.30 bits per heavy atom. The molecule has 1 aliphatic heterocycles.